The molecule has 1 aromatic carbocycles. The number of hydrogen-bond donors (Lipinski definition) is 1. The average Bonchev–Trinajstić information content (AvgIpc) is 2.96. The number of carbonyl (C=O) groups excluding carboxylic acids is 1. The predicted molar refractivity (Wildman–Crippen MR) is 123 cm³/mol. The van der Waals surface area contributed by atoms with Crippen LogP contribution in [0.3, 0.4) is 0 Å². The van der Waals surface area contributed by atoms with Crippen LogP contribution in [0.2, 0.25) is 5.02 Å². The van der Waals surface area contributed by atoms with Gasteiger partial charge in [-0.25, -0.2) is 15.0 Å². The molecule has 1 amide bonds. The van der Waals surface area contributed by atoms with Crippen LogP contribution in [0.25, 0.3) is 11.2 Å². The van der Waals surface area contributed by atoms with Gasteiger partial charge in [0.2, 0.25) is 5.91 Å². The van der Waals surface area contributed by atoms with E-state index in [9.17, 15) is 4.79 Å². The number of nitrogens with zero attached hydrogens (tertiary/aromatic N) is 5. The molecule has 1 unspecified atom stereocenters. The number of hydrogen-bond acceptors (Lipinski definition) is 5. The Hall–Kier alpha value is -2.67. The van der Waals surface area contributed by atoms with E-state index in [2.05, 4.69) is 24.8 Å². The summed E-state index contributed by atoms with van der Waals surface area (Å²) in [5.41, 5.74) is 3.57. The Balaban J connectivity index is 1.38. The standard InChI is InChI=1S/C23H27ClN6O/c1-15-12-17(24)8-9-18(15)27-23(31)16-6-5-10-29(13-16)21-20-22(26-14-25-21)30-11-4-2-3-7-19(30)28-20/h8-9,12,14,16H,2-7,10-11,13H2,1H3,(H,27,31). The third kappa shape index (κ3) is 3.99. The van der Waals surface area contributed by atoms with Crippen molar-refractivity contribution in [3.05, 3.63) is 40.9 Å². The van der Waals surface area contributed by atoms with Crippen LogP contribution in [0.4, 0.5) is 11.5 Å². The minimum atomic E-state index is -0.103. The number of benzene rings is 1. The van der Waals surface area contributed by atoms with Gasteiger partial charge in [0.05, 0.1) is 5.92 Å². The third-order valence-corrected chi connectivity index (χ3v) is 6.65. The first-order valence-corrected chi connectivity index (χ1v) is 11.5. The fraction of sp³-hybridized carbons (Fsp3) is 0.478. The Bertz CT molecular complexity index is 1130. The van der Waals surface area contributed by atoms with E-state index in [0.717, 1.165) is 72.8 Å². The lowest BCUT2D eigenvalue weighted by Gasteiger charge is -2.33. The first-order chi connectivity index (χ1) is 15.1. The van der Waals surface area contributed by atoms with Gasteiger partial charge in [-0.1, -0.05) is 18.0 Å². The van der Waals surface area contributed by atoms with Gasteiger partial charge in [0, 0.05) is 36.8 Å². The van der Waals surface area contributed by atoms with Crippen LogP contribution in [-0.2, 0) is 17.8 Å². The van der Waals surface area contributed by atoms with Crippen LogP contribution in [0, 0.1) is 12.8 Å². The van der Waals surface area contributed by atoms with Crippen LogP contribution < -0.4 is 10.2 Å². The molecule has 1 fully saturated rings. The maximum absolute atomic E-state index is 13.0. The molecule has 0 aliphatic carbocycles. The van der Waals surface area contributed by atoms with Crippen molar-refractivity contribution in [2.45, 2.75) is 52.0 Å². The molecular formula is C23H27ClN6O. The number of imidazole rings is 1. The topological polar surface area (TPSA) is 75.9 Å². The quantitative estimate of drug-likeness (QED) is 0.657. The molecule has 3 aromatic rings. The van der Waals surface area contributed by atoms with Crippen molar-refractivity contribution in [1.29, 1.82) is 0 Å². The van der Waals surface area contributed by atoms with E-state index >= 15 is 0 Å². The number of anilines is 2. The summed E-state index contributed by atoms with van der Waals surface area (Å²) < 4.78 is 2.25. The zero-order valence-corrected chi connectivity index (χ0v) is 18.5. The van der Waals surface area contributed by atoms with Crippen molar-refractivity contribution in [2.75, 3.05) is 23.3 Å². The van der Waals surface area contributed by atoms with E-state index in [1.165, 1.54) is 12.8 Å². The molecule has 0 bridgehead atoms. The minimum absolute atomic E-state index is 0.0426. The lowest BCUT2D eigenvalue weighted by molar-refractivity contribution is -0.120. The highest BCUT2D eigenvalue weighted by Gasteiger charge is 2.29. The maximum Gasteiger partial charge on any atom is 0.229 e. The fourth-order valence-corrected chi connectivity index (χ4v) is 4.97. The number of aryl methyl sites for hydroxylation is 3. The second kappa shape index (κ2) is 8.46. The number of amides is 1. The lowest BCUT2D eigenvalue weighted by Crippen LogP contribution is -2.41. The van der Waals surface area contributed by atoms with Gasteiger partial charge in [0.25, 0.3) is 0 Å². The number of fused-ring (bicyclic) bond motifs is 3. The Labute approximate surface area is 186 Å². The van der Waals surface area contributed by atoms with Gasteiger partial charge in [-0.3, -0.25) is 4.79 Å². The SMILES string of the molecule is Cc1cc(Cl)ccc1NC(=O)C1CCCN(c2ncnc3c2nc2n3CCCCC2)C1. The summed E-state index contributed by atoms with van der Waals surface area (Å²) >= 11 is 6.04. The Morgan fingerprint density at radius 3 is 2.94 bits per heavy atom. The molecule has 4 heterocycles. The summed E-state index contributed by atoms with van der Waals surface area (Å²) in [6, 6.07) is 5.53. The van der Waals surface area contributed by atoms with E-state index < -0.39 is 0 Å². The zero-order chi connectivity index (χ0) is 21.4. The van der Waals surface area contributed by atoms with Gasteiger partial charge < -0.3 is 14.8 Å². The highest BCUT2D eigenvalue weighted by Crippen LogP contribution is 2.30. The summed E-state index contributed by atoms with van der Waals surface area (Å²) in [4.78, 5) is 29.3. The normalized spacial score (nSPS) is 19.2. The van der Waals surface area contributed by atoms with Gasteiger partial charge in [0.1, 0.15) is 12.2 Å². The first kappa shape index (κ1) is 20.2. The van der Waals surface area contributed by atoms with Crippen molar-refractivity contribution in [2.24, 2.45) is 5.92 Å². The zero-order valence-electron chi connectivity index (χ0n) is 17.8. The van der Waals surface area contributed by atoms with Crippen molar-refractivity contribution < 1.29 is 4.79 Å². The number of rotatable bonds is 3. The van der Waals surface area contributed by atoms with E-state index in [1.54, 1.807) is 12.4 Å². The van der Waals surface area contributed by atoms with Crippen LogP contribution in [0.15, 0.2) is 24.5 Å². The summed E-state index contributed by atoms with van der Waals surface area (Å²) in [5, 5.41) is 3.76. The molecule has 2 aromatic heterocycles. The maximum atomic E-state index is 13.0. The molecule has 162 valence electrons. The minimum Gasteiger partial charge on any atom is -0.354 e. The van der Waals surface area contributed by atoms with Gasteiger partial charge in [-0.15, -0.1) is 0 Å². The van der Waals surface area contributed by atoms with E-state index in [4.69, 9.17) is 16.6 Å². The Morgan fingerprint density at radius 2 is 2.06 bits per heavy atom. The molecule has 7 nitrogen and oxygen atoms in total. The molecule has 2 aliphatic rings. The molecule has 5 rings (SSSR count). The summed E-state index contributed by atoms with van der Waals surface area (Å²) in [5.74, 6) is 1.90. The molecule has 8 heteroatoms. The first-order valence-electron chi connectivity index (χ1n) is 11.1. The molecule has 1 N–H and O–H groups in total. The fourth-order valence-electron chi connectivity index (χ4n) is 4.74. The number of piperidine rings is 1. The molecule has 0 saturated carbocycles. The monoisotopic (exact) mass is 438 g/mol. The van der Waals surface area contributed by atoms with Crippen molar-refractivity contribution in [3.8, 4) is 0 Å². The van der Waals surface area contributed by atoms with Gasteiger partial charge in [-0.05, 0) is 56.4 Å². The average molecular weight is 439 g/mol. The van der Waals surface area contributed by atoms with Crippen molar-refractivity contribution in [1.82, 2.24) is 19.5 Å². The number of halogens is 1. The van der Waals surface area contributed by atoms with Gasteiger partial charge in [-0.2, -0.15) is 0 Å². The highest BCUT2D eigenvalue weighted by atomic mass is 35.5. The van der Waals surface area contributed by atoms with Crippen molar-refractivity contribution >= 4 is 40.2 Å². The molecule has 2 aliphatic heterocycles. The molecular weight excluding hydrogens is 412 g/mol. The van der Waals surface area contributed by atoms with Crippen molar-refractivity contribution in [3.63, 3.8) is 0 Å². The molecule has 31 heavy (non-hydrogen) atoms. The molecule has 1 saturated heterocycles. The second-order valence-corrected chi connectivity index (χ2v) is 9.03. The van der Waals surface area contributed by atoms with Gasteiger partial charge >= 0.3 is 0 Å². The Morgan fingerprint density at radius 1 is 1.16 bits per heavy atom. The summed E-state index contributed by atoms with van der Waals surface area (Å²) in [6.45, 7) is 4.42. The highest BCUT2D eigenvalue weighted by molar-refractivity contribution is 6.30. The van der Waals surface area contributed by atoms with Gasteiger partial charge in [0.15, 0.2) is 17.0 Å². The van der Waals surface area contributed by atoms with Crippen LogP contribution in [0.1, 0.15) is 43.5 Å². The second-order valence-electron chi connectivity index (χ2n) is 8.59. The number of nitrogens with one attached hydrogen (secondary N) is 1. The van der Waals surface area contributed by atoms with Crippen LogP contribution in [0.5, 0.6) is 0 Å². The molecule has 1 atom stereocenters. The predicted octanol–water partition coefficient (Wildman–Crippen LogP) is 4.37. The Kier molecular flexibility index (Phi) is 5.52. The van der Waals surface area contributed by atoms with E-state index in [1.807, 2.05) is 19.1 Å². The summed E-state index contributed by atoms with van der Waals surface area (Å²) in [6.07, 6.45) is 7.99. The van der Waals surface area contributed by atoms with Crippen LogP contribution >= 0.6 is 11.6 Å². The molecule has 0 radical (unpaired) electrons. The summed E-state index contributed by atoms with van der Waals surface area (Å²) in [7, 11) is 0. The van der Waals surface area contributed by atoms with E-state index in [0.29, 0.717) is 11.6 Å². The lowest BCUT2D eigenvalue weighted by atomic mass is 9.96. The third-order valence-electron chi connectivity index (χ3n) is 6.41. The largest absolute Gasteiger partial charge is 0.354 e. The number of aromatic nitrogens is 4. The number of carbonyl (C=O) groups is 1. The molecule has 0 spiro atoms. The van der Waals surface area contributed by atoms with E-state index in [-0.39, 0.29) is 11.8 Å². The van der Waals surface area contributed by atoms with Crippen LogP contribution in [-0.4, -0.2) is 38.5 Å². The smallest absolute Gasteiger partial charge is 0.229 e.